The van der Waals surface area contributed by atoms with Gasteiger partial charge in [-0.2, -0.15) is 0 Å². The number of nitrogens with one attached hydrogen (secondary N) is 2. The third kappa shape index (κ3) is 6.55. The van der Waals surface area contributed by atoms with Crippen molar-refractivity contribution >= 4 is 46.4 Å². The van der Waals surface area contributed by atoms with Crippen LogP contribution in [0.5, 0.6) is 0 Å². The molecule has 2 saturated carbocycles. The molecular weight excluding hydrogens is 699 g/mol. The molecule has 2 aliphatic carbocycles. The van der Waals surface area contributed by atoms with E-state index >= 15 is 0 Å². The molecule has 3 N–H and O–H groups in total. The van der Waals surface area contributed by atoms with Crippen LogP contribution in [0.15, 0.2) is 36.4 Å². The third-order valence-electron chi connectivity index (χ3n) is 11.8. The Labute approximate surface area is 314 Å². The molecule has 4 heterocycles. The summed E-state index contributed by atoms with van der Waals surface area (Å²) in [4.78, 5) is 41.4. The zero-order valence-electron chi connectivity index (χ0n) is 30.0. The van der Waals surface area contributed by atoms with Crippen LogP contribution < -0.4 is 10.6 Å². The molecule has 13 heteroatoms. The number of aromatic nitrogens is 4. The van der Waals surface area contributed by atoms with Crippen LogP contribution in [0.25, 0.3) is 11.1 Å². The summed E-state index contributed by atoms with van der Waals surface area (Å²) in [6.45, 7) is 6.57. The Bertz CT molecular complexity index is 2050. The number of rotatable bonds is 9. The summed E-state index contributed by atoms with van der Waals surface area (Å²) < 4.78 is 3.75. The SMILES string of the molecule is C[C@H](O)CN1CCc2c(nc(C(=O)Nc3cccc(-c4cccc(NC(=O)c5nc6c(n5C)CCN(CC57CCC(CC5)C7)C6)c4Cl)c3Cl)n2C)C1. The quantitative estimate of drug-likeness (QED) is 0.184. The summed E-state index contributed by atoms with van der Waals surface area (Å²) in [6, 6.07) is 10.8. The van der Waals surface area contributed by atoms with Crippen molar-refractivity contribution in [2.45, 2.75) is 71.1 Å². The number of aliphatic hydroxyl groups excluding tert-OH is 1. The number of hydrogen-bond acceptors (Lipinski definition) is 7. The molecule has 2 fully saturated rings. The first-order valence-electron chi connectivity index (χ1n) is 18.4. The number of fused-ring (bicyclic) bond motifs is 4. The molecule has 2 amide bonds. The van der Waals surface area contributed by atoms with Crippen molar-refractivity contribution in [3.8, 4) is 11.1 Å². The summed E-state index contributed by atoms with van der Waals surface area (Å²) in [5.74, 6) is 0.875. The van der Waals surface area contributed by atoms with Gasteiger partial charge in [-0.15, -0.1) is 0 Å². The Morgan fingerprint density at radius 3 is 1.83 bits per heavy atom. The number of halogens is 2. The fraction of sp³-hybridized carbons (Fsp3) is 0.487. The summed E-state index contributed by atoms with van der Waals surface area (Å²) in [5.41, 5.74) is 6.50. The first-order chi connectivity index (χ1) is 25.0. The van der Waals surface area contributed by atoms with Crippen LogP contribution in [0, 0.1) is 11.3 Å². The minimum atomic E-state index is -0.439. The van der Waals surface area contributed by atoms with Gasteiger partial charge in [-0.25, -0.2) is 9.97 Å². The molecule has 1 atom stereocenters. The van der Waals surface area contributed by atoms with Crippen molar-refractivity contribution in [3.63, 3.8) is 0 Å². The Balaban J connectivity index is 0.971. The van der Waals surface area contributed by atoms with E-state index in [0.717, 1.165) is 67.7 Å². The Hall–Kier alpha value is -3.74. The topological polar surface area (TPSA) is 121 Å². The van der Waals surface area contributed by atoms with Crippen LogP contribution in [-0.4, -0.2) is 78.1 Å². The van der Waals surface area contributed by atoms with Crippen LogP contribution in [0.3, 0.4) is 0 Å². The van der Waals surface area contributed by atoms with Gasteiger partial charge >= 0.3 is 0 Å². The molecule has 4 aromatic rings. The van der Waals surface area contributed by atoms with E-state index in [9.17, 15) is 14.7 Å². The molecule has 2 aromatic carbocycles. The number of hydrogen-bond donors (Lipinski definition) is 3. The van der Waals surface area contributed by atoms with Crippen LogP contribution in [0.2, 0.25) is 10.0 Å². The van der Waals surface area contributed by atoms with Gasteiger partial charge in [0, 0.05) is 88.7 Å². The molecular formula is C39H46Cl2N8O3. The monoisotopic (exact) mass is 744 g/mol. The normalized spacial score (nSPS) is 21.9. The Morgan fingerprint density at radius 1 is 0.846 bits per heavy atom. The van der Waals surface area contributed by atoms with Gasteiger partial charge in [0.1, 0.15) is 0 Å². The minimum Gasteiger partial charge on any atom is -0.392 e. The lowest BCUT2D eigenvalue weighted by atomic mass is 9.83. The van der Waals surface area contributed by atoms with Crippen LogP contribution in [-0.2, 0) is 40.0 Å². The second-order valence-electron chi connectivity index (χ2n) is 15.5. The largest absolute Gasteiger partial charge is 0.392 e. The number of anilines is 2. The number of aliphatic hydroxyl groups is 1. The van der Waals surface area contributed by atoms with Crippen molar-refractivity contribution < 1.29 is 14.7 Å². The van der Waals surface area contributed by atoms with Gasteiger partial charge in [-0.05, 0) is 62.5 Å². The Kier molecular flexibility index (Phi) is 9.44. The first kappa shape index (κ1) is 35.3. The third-order valence-corrected chi connectivity index (χ3v) is 12.6. The van der Waals surface area contributed by atoms with Gasteiger partial charge in [0.2, 0.25) is 0 Å². The van der Waals surface area contributed by atoms with Gasteiger partial charge < -0.3 is 24.9 Å². The van der Waals surface area contributed by atoms with Crippen molar-refractivity contribution in [3.05, 3.63) is 80.9 Å². The van der Waals surface area contributed by atoms with Crippen molar-refractivity contribution in [1.82, 2.24) is 28.9 Å². The molecule has 2 bridgehead atoms. The molecule has 2 aliphatic heterocycles. The number of amides is 2. The smallest absolute Gasteiger partial charge is 0.291 e. The molecule has 0 unspecified atom stereocenters. The van der Waals surface area contributed by atoms with E-state index in [0.29, 0.717) is 56.9 Å². The number of benzene rings is 2. The molecule has 8 rings (SSSR count). The number of carbonyl (C=O) groups excluding carboxylic acids is 2. The first-order valence-corrected chi connectivity index (χ1v) is 19.2. The van der Waals surface area contributed by atoms with Gasteiger partial charge in [-0.3, -0.25) is 19.4 Å². The summed E-state index contributed by atoms with van der Waals surface area (Å²) >= 11 is 13.9. The predicted molar refractivity (Wildman–Crippen MR) is 203 cm³/mol. The van der Waals surface area contributed by atoms with Crippen LogP contribution in [0.4, 0.5) is 11.4 Å². The molecule has 0 radical (unpaired) electrons. The molecule has 0 saturated heterocycles. The van der Waals surface area contributed by atoms with Crippen molar-refractivity contribution in [2.24, 2.45) is 25.4 Å². The molecule has 4 aliphatic rings. The summed E-state index contributed by atoms with van der Waals surface area (Å²) in [6.07, 6.45) is 8.00. The van der Waals surface area contributed by atoms with Gasteiger partial charge in [-0.1, -0.05) is 47.5 Å². The average molecular weight is 746 g/mol. The molecule has 0 spiro atoms. The minimum absolute atomic E-state index is 0.289. The lowest BCUT2D eigenvalue weighted by Crippen LogP contribution is -2.39. The zero-order valence-corrected chi connectivity index (χ0v) is 31.5. The maximum absolute atomic E-state index is 13.7. The van der Waals surface area contributed by atoms with Gasteiger partial charge in [0.25, 0.3) is 11.8 Å². The molecule has 274 valence electrons. The molecule has 52 heavy (non-hydrogen) atoms. The second-order valence-corrected chi connectivity index (χ2v) is 16.2. The highest BCUT2D eigenvalue weighted by atomic mass is 35.5. The zero-order chi connectivity index (χ0) is 36.3. The maximum Gasteiger partial charge on any atom is 0.291 e. The van der Waals surface area contributed by atoms with Crippen molar-refractivity contribution in [1.29, 1.82) is 0 Å². The van der Waals surface area contributed by atoms with E-state index in [1.165, 1.54) is 32.1 Å². The maximum atomic E-state index is 13.7. The molecule has 11 nitrogen and oxygen atoms in total. The summed E-state index contributed by atoms with van der Waals surface area (Å²) in [7, 11) is 3.76. The Morgan fingerprint density at radius 2 is 1.35 bits per heavy atom. The van der Waals surface area contributed by atoms with E-state index in [1.54, 1.807) is 25.1 Å². The van der Waals surface area contributed by atoms with E-state index in [1.807, 2.05) is 41.4 Å². The lowest BCUT2D eigenvalue weighted by Gasteiger charge is -2.35. The standard InChI is InChI=1S/C39H46Cl2N8O3/c1-23(50)19-48-16-12-31-29(20-48)42-35(46(31)2)37(51)44-27-8-4-6-25(33(27)40)26-7-5-9-28(34(26)41)45-38(52)36-43-30-21-49(17-13-32(30)47(36)3)22-39-14-10-24(18-39)11-15-39/h4-9,23-24,50H,10-22H2,1-3H3,(H,44,51)(H,45,52)/t23-,24?,39?/m0/s1. The highest BCUT2D eigenvalue weighted by Gasteiger charge is 2.46. The van der Waals surface area contributed by atoms with Gasteiger partial charge in [0.15, 0.2) is 11.6 Å². The fourth-order valence-electron chi connectivity index (χ4n) is 9.27. The predicted octanol–water partition coefficient (Wildman–Crippen LogP) is 6.31. The number of imidazole rings is 2. The average Bonchev–Trinajstić information content (AvgIpc) is 3.88. The van der Waals surface area contributed by atoms with Gasteiger partial charge in [0.05, 0.1) is 38.9 Å². The van der Waals surface area contributed by atoms with Crippen LogP contribution >= 0.6 is 23.2 Å². The summed E-state index contributed by atoms with van der Waals surface area (Å²) in [5, 5.41) is 16.4. The number of β-amino-alcohol motifs (C(OH)–C–C–N with tert-alkyl or cyclic N) is 1. The highest BCUT2D eigenvalue weighted by Crippen LogP contribution is 2.54. The fourth-order valence-corrected chi connectivity index (χ4v) is 9.82. The number of carbonyl (C=O) groups is 2. The van der Waals surface area contributed by atoms with E-state index < -0.39 is 6.10 Å². The van der Waals surface area contributed by atoms with E-state index in [4.69, 9.17) is 28.2 Å². The highest BCUT2D eigenvalue weighted by molar-refractivity contribution is 6.40. The van der Waals surface area contributed by atoms with E-state index in [2.05, 4.69) is 25.4 Å². The second kappa shape index (κ2) is 13.9. The van der Waals surface area contributed by atoms with Crippen molar-refractivity contribution in [2.75, 3.05) is 36.8 Å². The van der Waals surface area contributed by atoms with E-state index in [-0.39, 0.29) is 17.6 Å². The number of nitrogens with zero attached hydrogens (tertiary/aromatic N) is 6. The molecule has 2 aromatic heterocycles. The van der Waals surface area contributed by atoms with Crippen LogP contribution in [0.1, 0.15) is 83.0 Å². The lowest BCUT2D eigenvalue weighted by molar-refractivity contribution is 0.100.